The van der Waals surface area contributed by atoms with E-state index in [2.05, 4.69) is 90.8 Å². The summed E-state index contributed by atoms with van der Waals surface area (Å²) in [7, 11) is -1.81. The normalized spacial score (nSPS) is 36.2. The molecule has 0 N–H and O–H groups in total. The Morgan fingerprint density at radius 2 is 0.917 bits per heavy atom. The van der Waals surface area contributed by atoms with E-state index < -0.39 is 8.07 Å². The summed E-state index contributed by atoms with van der Waals surface area (Å²) in [5, 5.41) is 3.01. The molecule has 0 amide bonds. The maximum absolute atomic E-state index is 5.67. The molecular weight excluding hydrogens is 601 g/mol. The molecule has 0 radical (unpaired) electrons. The third-order valence-corrected chi connectivity index (χ3v) is 18.2. The first-order chi connectivity index (χ1) is 23.3. The summed E-state index contributed by atoms with van der Waals surface area (Å²) in [5.74, 6) is 8.54. The van der Waals surface area contributed by atoms with E-state index in [0.717, 1.165) is 46.9 Å². The number of aromatic nitrogens is 3. The highest BCUT2D eigenvalue weighted by Gasteiger charge is 2.56. The number of nitrogens with zero attached hydrogens (tertiary/aromatic N) is 4. The maximum Gasteiger partial charge on any atom is 0.163 e. The minimum Gasteiger partial charge on any atom is -0.311 e. The molecule has 2 heterocycles. The number of fused-ring (bicyclic) bond motifs is 2. The van der Waals surface area contributed by atoms with Crippen LogP contribution in [0.15, 0.2) is 72.8 Å². The van der Waals surface area contributed by atoms with Crippen LogP contribution in [0.5, 0.6) is 0 Å². The molecule has 0 saturated heterocycles. The smallest absolute Gasteiger partial charge is 0.163 e. The summed E-state index contributed by atoms with van der Waals surface area (Å²) in [6.45, 7) is 4.99. The second-order valence-electron chi connectivity index (χ2n) is 18.2. The average molecular weight is 649 g/mol. The summed E-state index contributed by atoms with van der Waals surface area (Å²) in [4.78, 5) is 19.2. The van der Waals surface area contributed by atoms with Crippen molar-refractivity contribution < 1.29 is 0 Å². The SMILES string of the molecule is C[Si]1(C)c2ccccc2N(c2ccc(-c3nc(C45CC6CC(CC(C6)C4)C5)nc(C45CC6CC(CC(C6)C4)C5)n3)cc2)c2ccccc21. The molecule has 8 bridgehead atoms. The van der Waals surface area contributed by atoms with Crippen molar-refractivity contribution in [3.8, 4) is 11.4 Å². The van der Waals surface area contributed by atoms with Crippen LogP contribution in [0.3, 0.4) is 0 Å². The maximum atomic E-state index is 5.67. The molecule has 8 saturated carbocycles. The van der Waals surface area contributed by atoms with Crippen LogP contribution >= 0.6 is 0 Å². The predicted octanol–water partition coefficient (Wildman–Crippen LogP) is 9.08. The lowest BCUT2D eigenvalue weighted by Crippen LogP contribution is -2.58. The van der Waals surface area contributed by atoms with Crippen molar-refractivity contribution >= 4 is 35.5 Å². The highest BCUT2D eigenvalue weighted by atomic mass is 28.3. The fourth-order valence-corrected chi connectivity index (χ4v) is 16.4. The third-order valence-electron chi connectivity index (χ3n) is 14.7. The summed E-state index contributed by atoms with van der Waals surface area (Å²) in [6.07, 6.45) is 16.5. The second-order valence-corrected chi connectivity index (χ2v) is 22.6. The van der Waals surface area contributed by atoms with Crippen molar-refractivity contribution in [3.05, 3.63) is 84.4 Å². The minimum absolute atomic E-state index is 0.168. The van der Waals surface area contributed by atoms with E-state index in [1.165, 1.54) is 116 Å². The minimum atomic E-state index is -1.81. The number of anilines is 3. The number of hydrogen-bond donors (Lipinski definition) is 0. The van der Waals surface area contributed by atoms with Crippen molar-refractivity contribution in [2.24, 2.45) is 35.5 Å². The van der Waals surface area contributed by atoms with Crippen LogP contribution in [0.4, 0.5) is 17.1 Å². The molecule has 3 aromatic carbocycles. The molecule has 0 spiro atoms. The Hall–Kier alpha value is -3.31. The number of para-hydroxylation sites is 2. The van der Waals surface area contributed by atoms with E-state index in [-0.39, 0.29) is 10.8 Å². The van der Waals surface area contributed by atoms with Gasteiger partial charge in [0.1, 0.15) is 19.7 Å². The second kappa shape index (κ2) is 9.90. The van der Waals surface area contributed by atoms with E-state index in [9.17, 15) is 0 Å². The van der Waals surface area contributed by atoms with Crippen LogP contribution in [0.25, 0.3) is 11.4 Å². The molecule has 5 heteroatoms. The van der Waals surface area contributed by atoms with Gasteiger partial charge < -0.3 is 4.90 Å². The van der Waals surface area contributed by atoms with Gasteiger partial charge in [0.15, 0.2) is 5.82 Å². The molecule has 1 aliphatic heterocycles. The summed E-state index contributed by atoms with van der Waals surface area (Å²) in [6, 6.07) is 27.4. The molecule has 8 aliphatic carbocycles. The Labute approximate surface area is 286 Å². The van der Waals surface area contributed by atoms with Crippen molar-refractivity contribution in [1.29, 1.82) is 0 Å². The number of hydrogen-bond acceptors (Lipinski definition) is 4. The van der Waals surface area contributed by atoms with Crippen LogP contribution in [-0.2, 0) is 10.8 Å². The largest absolute Gasteiger partial charge is 0.311 e. The van der Waals surface area contributed by atoms with E-state index in [1.807, 2.05) is 0 Å². The predicted molar refractivity (Wildman–Crippen MR) is 196 cm³/mol. The van der Waals surface area contributed by atoms with E-state index in [4.69, 9.17) is 15.0 Å². The van der Waals surface area contributed by atoms with Crippen molar-refractivity contribution in [3.63, 3.8) is 0 Å². The van der Waals surface area contributed by atoms with Crippen LogP contribution in [-0.4, -0.2) is 23.0 Å². The van der Waals surface area contributed by atoms with Gasteiger partial charge in [-0.25, -0.2) is 15.0 Å². The van der Waals surface area contributed by atoms with Crippen LogP contribution in [0.2, 0.25) is 13.1 Å². The van der Waals surface area contributed by atoms with Gasteiger partial charge in [0, 0.05) is 33.5 Å². The monoisotopic (exact) mass is 648 g/mol. The Morgan fingerprint density at radius 3 is 1.33 bits per heavy atom. The topological polar surface area (TPSA) is 41.9 Å². The lowest BCUT2D eigenvalue weighted by molar-refractivity contribution is -0.0155. The molecule has 4 aromatic rings. The van der Waals surface area contributed by atoms with Crippen molar-refractivity contribution in [1.82, 2.24) is 15.0 Å². The first kappa shape index (κ1) is 28.5. The average Bonchev–Trinajstić information content (AvgIpc) is 3.07. The standard InChI is InChI=1S/C43H48N4Si/c1-48(2)37-9-5-3-7-35(37)47(36-8-4-6-10-38(36)48)34-13-11-33(12-14-34)39-44-40(42-21-27-15-28(22-42)17-29(16-27)23-42)46-41(45-39)43-24-30-18-31(25-43)20-32(19-30)26-43/h3-14,27-32H,15-26H2,1-2H3. The zero-order valence-electron chi connectivity index (χ0n) is 28.7. The first-order valence-corrected chi connectivity index (χ1v) is 22.2. The number of benzene rings is 3. The fraction of sp³-hybridized carbons (Fsp3) is 0.512. The highest BCUT2D eigenvalue weighted by Crippen LogP contribution is 2.62. The zero-order valence-corrected chi connectivity index (χ0v) is 29.7. The van der Waals surface area contributed by atoms with Crippen molar-refractivity contribution in [2.75, 3.05) is 4.90 Å². The Balaban J connectivity index is 1.03. The van der Waals surface area contributed by atoms with Gasteiger partial charge >= 0.3 is 0 Å². The molecule has 0 atom stereocenters. The molecule has 13 rings (SSSR count). The van der Waals surface area contributed by atoms with Gasteiger partial charge in [-0.15, -0.1) is 0 Å². The molecule has 1 aromatic heterocycles. The Bertz CT molecular complexity index is 1760. The van der Waals surface area contributed by atoms with Gasteiger partial charge in [-0.05, 0) is 159 Å². The van der Waals surface area contributed by atoms with Gasteiger partial charge in [-0.3, -0.25) is 0 Å². The lowest BCUT2D eigenvalue weighted by atomic mass is 9.49. The van der Waals surface area contributed by atoms with Gasteiger partial charge in [0.25, 0.3) is 0 Å². The third kappa shape index (κ3) is 4.09. The van der Waals surface area contributed by atoms with Crippen LogP contribution in [0, 0.1) is 35.5 Å². The molecule has 244 valence electrons. The van der Waals surface area contributed by atoms with Gasteiger partial charge in [0.05, 0.1) is 0 Å². The Morgan fingerprint density at radius 1 is 0.521 bits per heavy atom. The molecule has 9 aliphatic rings. The first-order valence-electron chi connectivity index (χ1n) is 19.2. The molecule has 4 nitrogen and oxygen atoms in total. The summed E-state index contributed by atoms with van der Waals surface area (Å²) < 4.78 is 0. The molecule has 8 fully saturated rings. The van der Waals surface area contributed by atoms with Crippen LogP contribution < -0.4 is 15.3 Å². The molecule has 0 unspecified atom stereocenters. The van der Waals surface area contributed by atoms with E-state index in [1.54, 1.807) is 0 Å². The summed E-state index contributed by atoms with van der Waals surface area (Å²) in [5.41, 5.74) is 5.34. The van der Waals surface area contributed by atoms with Gasteiger partial charge in [-0.2, -0.15) is 0 Å². The van der Waals surface area contributed by atoms with Gasteiger partial charge in [-0.1, -0.05) is 49.5 Å². The van der Waals surface area contributed by atoms with E-state index >= 15 is 0 Å². The molecule has 48 heavy (non-hydrogen) atoms. The molecular formula is C43H48N4Si. The number of rotatable bonds is 4. The quantitative estimate of drug-likeness (QED) is 0.207. The lowest BCUT2D eigenvalue weighted by Gasteiger charge is -2.57. The highest BCUT2D eigenvalue weighted by molar-refractivity contribution is 7.02. The fourth-order valence-electron chi connectivity index (χ4n) is 13.5. The van der Waals surface area contributed by atoms with Crippen molar-refractivity contribution in [2.45, 2.75) is 101 Å². The Kier molecular flexibility index (Phi) is 5.88. The van der Waals surface area contributed by atoms with Gasteiger partial charge in [0.2, 0.25) is 0 Å². The van der Waals surface area contributed by atoms with E-state index in [0.29, 0.717) is 0 Å². The summed E-state index contributed by atoms with van der Waals surface area (Å²) >= 11 is 0. The zero-order chi connectivity index (χ0) is 31.8. The van der Waals surface area contributed by atoms with Crippen LogP contribution in [0.1, 0.15) is 88.7 Å².